The number of carbonyl (C=O) groups is 3. The minimum atomic E-state index is -1.13. The summed E-state index contributed by atoms with van der Waals surface area (Å²) in [7, 11) is 0. The van der Waals surface area contributed by atoms with Gasteiger partial charge in [0.25, 0.3) is 11.8 Å². The zero-order valence-electron chi connectivity index (χ0n) is 14.5. The number of carboxylic acid groups (broad SMARTS) is 1. The van der Waals surface area contributed by atoms with Gasteiger partial charge >= 0.3 is 5.97 Å². The summed E-state index contributed by atoms with van der Waals surface area (Å²) >= 11 is 0. The van der Waals surface area contributed by atoms with Crippen molar-refractivity contribution in [3.8, 4) is 0 Å². The maximum absolute atomic E-state index is 13.1. The fraction of sp³-hybridized carbons (Fsp3) is 0.136. The lowest BCUT2D eigenvalue weighted by molar-refractivity contribution is 0.0603. The zero-order chi connectivity index (χ0) is 19.0. The van der Waals surface area contributed by atoms with Crippen LogP contribution in [0.4, 0.5) is 0 Å². The number of hydrogen-bond acceptors (Lipinski definition) is 3. The number of fused-ring (bicyclic) bond motifs is 1. The highest BCUT2D eigenvalue weighted by molar-refractivity contribution is 6.22. The summed E-state index contributed by atoms with van der Waals surface area (Å²) in [5.41, 5.74) is 2.22. The largest absolute Gasteiger partial charge is 0.478 e. The second-order valence-corrected chi connectivity index (χ2v) is 6.57. The number of hydrogen-bond donors (Lipinski definition) is 1. The molecule has 0 saturated carbocycles. The van der Waals surface area contributed by atoms with Crippen LogP contribution in [0.5, 0.6) is 0 Å². The molecule has 1 aliphatic carbocycles. The first-order valence-corrected chi connectivity index (χ1v) is 8.73. The van der Waals surface area contributed by atoms with Crippen LogP contribution < -0.4 is 0 Å². The predicted octanol–water partition coefficient (Wildman–Crippen LogP) is 4.00. The Morgan fingerprint density at radius 2 is 1.74 bits per heavy atom. The fourth-order valence-corrected chi connectivity index (χ4v) is 3.64. The van der Waals surface area contributed by atoms with Gasteiger partial charge in [-0.1, -0.05) is 48.6 Å². The molecule has 0 saturated heterocycles. The van der Waals surface area contributed by atoms with Crippen LogP contribution in [0.2, 0.25) is 0 Å². The van der Waals surface area contributed by atoms with E-state index in [-0.39, 0.29) is 16.7 Å². The van der Waals surface area contributed by atoms with Crippen LogP contribution in [0.25, 0.3) is 0 Å². The zero-order valence-corrected chi connectivity index (χ0v) is 14.5. The molecule has 27 heavy (non-hydrogen) atoms. The Kier molecular flexibility index (Phi) is 4.20. The Labute approximate surface area is 156 Å². The van der Waals surface area contributed by atoms with Crippen LogP contribution in [-0.4, -0.2) is 27.8 Å². The van der Waals surface area contributed by atoms with Crippen molar-refractivity contribution in [3.05, 3.63) is 94.6 Å². The number of imide groups is 1. The van der Waals surface area contributed by atoms with Gasteiger partial charge in [-0.25, -0.2) is 4.79 Å². The molecule has 134 valence electrons. The quantitative estimate of drug-likeness (QED) is 0.838. The minimum Gasteiger partial charge on any atom is -0.478 e. The topological polar surface area (TPSA) is 74.7 Å². The number of carboxylic acids is 1. The first-order chi connectivity index (χ1) is 13.1. The van der Waals surface area contributed by atoms with Gasteiger partial charge in [0.1, 0.15) is 0 Å². The molecular weight excluding hydrogens is 342 g/mol. The van der Waals surface area contributed by atoms with Crippen LogP contribution in [0.1, 0.15) is 55.5 Å². The van der Waals surface area contributed by atoms with Crippen molar-refractivity contribution in [2.24, 2.45) is 0 Å². The van der Waals surface area contributed by atoms with E-state index in [1.807, 2.05) is 48.6 Å². The SMILES string of the molecule is O=C(O)c1ccc2c(c1)C(=O)N(C(C1=CC=CCC1)c1ccccc1)C2=O. The van der Waals surface area contributed by atoms with Gasteiger partial charge in [-0.15, -0.1) is 0 Å². The molecule has 0 spiro atoms. The molecule has 0 radical (unpaired) electrons. The first-order valence-electron chi connectivity index (χ1n) is 8.73. The van der Waals surface area contributed by atoms with Crippen molar-refractivity contribution in [3.63, 3.8) is 0 Å². The van der Waals surface area contributed by atoms with Crippen LogP contribution >= 0.6 is 0 Å². The van der Waals surface area contributed by atoms with Gasteiger partial charge in [-0.05, 0) is 42.2 Å². The van der Waals surface area contributed by atoms with E-state index in [0.29, 0.717) is 0 Å². The van der Waals surface area contributed by atoms with Crippen LogP contribution in [0.3, 0.4) is 0 Å². The molecule has 1 heterocycles. The smallest absolute Gasteiger partial charge is 0.335 e. The summed E-state index contributed by atoms with van der Waals surface area (Å²) in [6.45, 7) is 0. The highest BCUT2D eigenvalue weighted by atomic mass is 16.4. The van der Waals surface area contributed by atoms with E-state index in [1.54, 1.807) is 0 Å². The Hall–Kier alpha value is -3.47. The summed E-state index contributed by atoms with van der Waals surface area (Å²) in [5.74, 6) is -1.98. The Morgan fingerprint density at radius 1 is 1.00 bits per heavy atom. The monoisotopic (exact) mass is 359 g/mol. The third-order valence-corrected chi connectivity index (χ3v) is 4.94. The van der Waals surface area contributed by atoms with Gasteiger partial charge in [0, 0.05) is 0 Å². The standard InChI is InChI=1S/C22H17NO4/c24-20-17-12-11-16(22(26)27)13-18(17)21(25)23(20)19(14-7-3-1-4-8-14)15-9-5-2-6-10-15/h1-5,7-9,11-13,19H,6,10H2,(H,26,27). The van der Waals surface area contributed by atoms with Crippen LogP contribution in [-0.2, 0) is 0 Å². The maximum atomic E-state index is 13.1. The Balaban J connectivity index is 1.82. The fourth-order valence-electron chi connectivity index (χ4n) is 3.64. The summed E-state index contributed by atoms with van der Waals surface area (Å²) in [4.78, 5) is 38.7. The van der Waals surface area contributed by atoms with E-state index in [9.17, 15) is 19.5 Å². The number of rotatable bonds is 4. The highest BCUT2D eigenvalue weighted by Gasteiger charge is 2.42. The lowest BCUT2D eigenvalue weighted by atomic mass is 9.91. The number of amides is 2. The third kappa shape index (κ3) is 2.87. The molecule has 2 aliphatic rings. The Morgan fingerprint density at radius 3 is 2.41 bits per heavy atom. The van der Waals surface area contributed by atoms with Crippen molar-refractivity contribution in [2.75, 3.05) is 0 Å². The molecule has 2 aromatic carbocycles. The normalized spacial score (nSPS) is 16.9. The molecule has 1 unspecified atom stereocenters. The molecule has 1 aliphatic heterocycles. The number of aromatic carboxylic acids is 1. The van der Waals surface area contributed by atoms with Crippen molar-refractivity contribution >= 4 is 17.8 Å². The van der Waals surface area contributed by atoms with E-state index in [4.69, 9.17) is 0 Å². The van der Waals surface area contributed by atoms with Gasteiger partial charge in [0.05, 0.1) is 22.7 Å². The lowest BCUT2D eigenvalue weighted by Gasteiger charge is -2.30. The molecule has 2 amide bonds. The highest BCUT2D eigenvalue weighted by Crippen LogP contribution is 2.38. The summed E-state index contributed by atoms with van der Waals surface area (Å²) in [6, 6.07) is 13.0. The second-order valence-electron chi connectivity index (χ2n) is 6.57. The van der Waals surface area contributed by atoms with Gasteiger partial charge in [0.2, 0.25) is 0 Å². The molecule has 0 fully saturated rings. The molecule has 2 aromatic rings. The van der Waals surface area contributed by atoms with Crippen molar-refractivity contribution < 1.29 is 19.5 Å². The third-order valence-electron chi connectivity index (χ3n) is 4.94. The van der Waals surface area contributed by atoms with Gasteiger partial charge in [0.15, 0.2) is 0 Å². The van der Waals surface area contributed by atoms with Crippen molar-refractivity contribution in [2.45, 2.75) is 18.9 Å². The van der Waals surface area contributed by atoms with Gasteiger partial charge in [-0.3, -0.25) is 14.5 Å². The van der Waals surface area contributed by atoms with Gasteiger partial charge in [-0.2, -0.15) is 0 Å². The molecular formula is C22H17NO4. The van der Waals surface area contributed by atoms with Crippen molar-refractivity contribution in [1.29, 1.82) is 0 Å². The van der Waals surface area contributed by atoms with E-state index in [1.165, 1.54) is 23.1 Å². The van der Waals surface area contributed by atoms with E-state index in [2.05, 4.69) is 0 Å². The number of benzene rings is 2. The predicted molar refractivity (Wildman–Crippen MR) is 99.5 cm³/mol. The van der Waals surface area contributed by atoms with E-state index >= 15 is 0 Å². The summed E-state index contributed by atoms with van der Waals surface area (Å²) in [6.07, 6.45) is 7.54. The van der Waals surface area contributed by atoms with Crippen molar-refractivity contribution in [1.82, 2.24) is 4.90 Å². The van der Waals surface area contributed by atoms with Crippen LogP contribution in [0.15, 0.2) is 72.3 Å². The average molecular weight is 359 g/mol. The Bertz CT molecular complexity index is 1000. The second kappa shape index (κ2) is 6.68. The minimum absolute atomic E-state index is 0.00664. The van der Waals surface area contributed by atoms with Crippen LogP contribution in [0, 0.1) is 0 Å². The maximum Gasteiger partial charge on any atom is 0.335 e. The number of nitrogens with zero attached hydrogens (tertiary/aromatic N) is 1. The molecule has 5 nitrogen and oxygen atoms in total. The van der Waals surface area contributed by atoms with E-state index < -0.39 is 23.8 Å². The summed E-state index contributed by atoms with van der Waals surface area (Å²) in [5, 5.41) is 9.20. The first kappa shape index (κ1) is 17.0. The number of allylic oxidation sites excluding steroid dienone is 3. The van der Waals surface area contributed by atoms with E-state index in [0.717, 1.165) is 24.0 Å². The molecule has 0 aromatic heterocycles. The molecule has 4 rings (SSSR count). The summed E-state index contributed by atoms with van der Waals surface area (Å²) < 4.78 is 0. The lowest BCUT2D eigenvalue weighted by Crippen LogP contribution is -2.35. The average Bonchev–Trinajstić information content (AvgIpc) is 2.95. The van der Waals surface area contributed by atoms with Gasteiger partial charge < -0.3 is 5.11 Å². The number of carbonyl (C=O) groups excluding carboxylic acids is 2. The molecule has 0 bridgehead atoms. The molecule has 5 heteroatoms. The molecule has 1 N–H and O–H groups in total. The molecule has 1 atom stereocenters.